The number of fused-ring (bicyclic) bond motifs is 4. The first-order chi connectivity index (χ1) is 26.7. The molecule has 9 aromatic rings. The molecule has 0 N–H and O–H groups in total. The molecule has 0 fully saturated rings. The van der Waals surface area contributed by atoms with E-state index in [4.69, 9.17) is 0 Å². The molecule has 0 unspecified atom stereocenters. The van der Waals surface area contributed by atoms with E-state index in [-0.39, 0.29) is 11.8 Å². The monoisotopic (exact) mass is 692 g/mol. The number of anilines is 1. The Morgan fingerprint density at radius 1 is 0.315 bits per heavy atom. The molecular weight excluding hydrogens is 661 g/mol. The molecule has 0 saturated heterocycles. The molecule has 0 radical (unpaired) electrons. The van der Waals surface area contributed by atoms with Crippen LogP contribution in [0.3, 0.4) is 0 Å². The van der Waals surface area contributed by atoms with Gasteiger partial charge in [-0.1, -0.05) is 170 Å². The number of imide groups is 1. The average molecular weight is 693 g/mol. The Balaban J connectivity index is 1.24. The summed E-state index contributed by atoms with van der Waals surface area (Å²) < 4.78 is 2.22. The summed E-state index contributed by atoms with van der Waals surface area (Å²) in [6, 6.07) is 65.2. The smallest absolute Gasteiger partial charge is 0.268 e. The Morgan fingerprint density at radius 3 is 1.31 bits per heavy atom. The first-order valence-electron chi connectivity index (χ1n) is 18.1. The van der Waals surface area contributed by atoms with Crippen LogP contribution < -0.4 is 4.90 Å². The summed E-state index contributed by atoms with van der Waals surface area (Å²) in [6.07, 6.45) is 0. The molecule has 8 aromatic carbocycles. The third-order valence-electron chi connectivity index (χ3n) is 10.5. The Hall–Kier alpha value is -7.30. The molecule has 0 bridgehead atoms. The summed E-state index contributed by atoms with van der Waals surface area (Å²) in [5, 5.41) is 2.14. The van der Waals surface area contributed by atoms with Crippen LogP contribution in [0.2, 0.25) is 0 Å². The van der Waals surface area contributed by atoms with Gasteiger partial charge in [-0.2, -0.15) is 0 Å². The molecule has 4 heteroatoms. The van der Waals surface area contributed by atoms with Crippen molar-refractivity contribution in [2.24, 2.45) is 0 Å². The zero-order chi connectivity index (χ0) is 36.2. The van der Waals surface area contributed by atoms with E-state index in [1.54, 1.807) is 6.07 Å². The number of amides is 2. The molecular formula is C50H32N2O2. The van der Waals surface area contributed by atoms with Crippen molar-refractivity contribution < 1.29 is 9.59 Å². The SMILES string of the molecule is O=C1c2cccc(-n3c4c(-c5ccccc5)cccc4c4cccc(-c5ccccc5)c43)c2C(=O)N1c1ccc(-c2ccccc2)cc1-c1ccccc1. The quantitative estimate of drug-likeness (QED) is 0.163. The van der Waals surface area contributed by atoms with E-state index in [9.17, 15) is 4.79 Å². The summed E-state index contributed by atoms with van der Waals surface area (Å²) in [6.45, 7) is 0. The van der Waals surface area contributed by atoms with E-state index in [1.165, 1.54) is 4.90 Å². The van der Waals surface area contributed by atoms with Crippen LogP contribution >= 0.6 is 0 Å². The van der Waals surface area contributed by atoms with Gasteiger partial charge in [-0.3, -0.25) is 9.59 Å². The van der Waals surface area contributed by atoms with Gasteiger partial charge in [0.25, 0.3) is 11.8 Å². The number of benzene rings is 8. The van der Waals surface area contributed by atoms with Gasteiger partial charge in [0.2, 0.25) is 0 Å². The number of carbonyl (C=O) groups excluding carboxylic acids is 2. The van der Waals surface area contributed by atoms with Crippen LogP contribution in [0.5, 0.6) is 0 Å². The minimum atomic E-state index is -0.348. The van der Waals surface area contributed by atoms with Crippen molar-refractivity contribution in [1.82, 2.24) is 4.57 Å². The van der Waals surface area contributed by atoms with Crippen LogP contribution in [0, 0.1) is 0 Å². The first-order valence-corrected chi connectivity index (χ1v) is 18.1. The highest BCUT2D eigenvalue weighted by molar-refractivity contribution is 6.36. The predicted octanol–water partition coefficient (Wildman–Crippen LogP) is 12.3. The van der Waals surface area contributed by atoms with Crippen molar-refractivity contribution in [3.05, 3.63) is 205 Å². The highest BCUT2D eigenvalue weighted by Gasteiger charge is 2.40. The molecule has 1 aliphatic heterocycles. The van der Waals surface area contributed by atoms with E-state index >= 15 is 4.79 Å². The largest absolute Gasteiger partial charge is 0.307 e. The molecule has 54 heavy (non-hydrogen) atoms. The first kappa shape index (κ1) is 31.4. The summed E-state index contributed by atoms with van der Waals surface area (Å²) in [7, 11) is 0. The molecule has 1 aromatic heterocycles. The van der Waals surface area contributed by atoms with Gasteiger partial charge in [-0.05, 0) is 52.1 Å². The van der Waals surface area contributed by atoms with Crippen LogP contribution in [-0.2, 0) is 0 Å². The van der Waals surface area contributed by atoms with Crippen molar-refractivity contribution in [3.8, 4) is 50.2 Å². The summed E-state index contributed by atoms with van der Waals surface area (Å²) >= 11 is 0. The number of hydrogen-bond acceptors (Lipinski definition) is 2. The molecule has 0 atom stereocenters. The van der Waals surface area contributed by atoms with E-state index < -0.39 is 0 Å². The minimum absolute atomic E-state index is 0.339. The van der Waals surface area contributed by atoms with E-state index in [1.807, 2.05) is 109 Å². The molecule has 2 amide bonds. The topological polar surface area (TPSA) is 42.3 Å². The third kappa shape index (κ3) is 4.92. The fraction of sp³-hybridized carbons (Fsp3) is 0. The van der Waals surface area contributed by atoms with Gasteiger partial charge in [0, 0.05) is 27.5 Å². The number of hydrogen-bond donors (Lipinski definition) is 0. The van der Waals surface area contributed by atoms with Gasteiger partial charge in [0.15, 0.2) is 0 Å². The maximum absolute atomic E-state index is 15.1. The minimum Gasteiger partial charge on any atom is -0.307 e. The summed E-state index contributed by atoms with van der Waals surface area (Å²) in [5.74, 6) is -0.687. The Bertz CT molecular complexity index is 2800. The standard InChI is InChI=1S/C50H32N2O2/c53-49-42-28-15-29-45(46(42)50(54)52(49)44-31-30-37(33-16-5-1-6-17-33)32-43(44)36-22-11-4-12-23-36)51-47-38(34-18-7-2-8-19-34)24-13-26-40(47)41-27-14-25-39(48(41)51)35-20-9-3-10-21-35/h1-32H. The second-order valence-electron chi connectivity index (χ2n) is 13.6. The summed E-state index contributed by atoms with van der Waals surface area (Å²) in [4.78, 5) is 31.2. The normalized spacial score (nSPS) is 12.5. The lowest BCUT2D eigenvalue weighted by atomic mass is 9.97. The van der Waals surface area contributed by atoms with Crippen molar-refractivity contribution in [3.63, 3.8) is 0 Å². The lowest BCUT2D eigenvalue weighted by molar-refractivity contribution is 0.0926. The number of rotatable bonds is 6. The van der Waals surface area contributed by atoms with Crippen molar-refractivity contribution in [1.29, 1.82) is 0 Å². The molecule has 0 aliphatic carbocycles. The van der Waals surface area contributed by atoms with Gasteiger partial charge < -0.3 is 4.57 Å². The van der Waals surface area contributed by atoms with Crippen LogP contribution in [0.4, 0.5) is 5.69 Å². The molecule has 4 nitrogen and oxygen atoms in total. The highest BCUT2D eigenvalue weighted by Crippen LogP contribution is 2.45. The molecule has 2 heterocycles. The molecule has 0 saturated carbocycles. The van der Waals surface area contributed by atoms with Gasteiger partial charge >= 0.3 is 0 Å². The van der Waals surface area contributed by atoms with Crippen molar-refractivity contribution in [2.75, 3.05) is 4.90 Å². The van der Waals surface area contributed by atoms with Crippen LogP contribution in [-0.4, -0.2) is 16.4 Å². The maximum Gasteiger partial charge on any atom is 0.268 e. The average Bonchev–Trinajstić information content (AvgIpc) is 3.72. The second-order valence-corrected chi connectivity index (χ2v) is 13.6. The molecule has 10 rings (SSSR count). The zero-order valence-corrected chi connectivity index (χ0v) is 29.2. The Labute approximate surface area is 312 Å². The molecule has 0 spiro atoms. The van der Waals surface area contributed by atoms with Gasteiger partial charge in [0.05, 0.1) is 33.5 Å². The van der Waals surface area contributed by atoms with Crippen LogP contribution in [0.15, 0.2) is 194 Å². The van der Waals surface area contributed by atoms with E-state index in [0.29, 0.717) is 22.5 Å². The Morgan fingerprint density at radius 2 is 0.778 bits per heavy atom. The predicted molar refractivity (Wildman–Crippen MR) is 220 cm³/mol. The summed E-state index contributed by atoms with van der Waals surface area (Å²) in [5.41, 5.74) is 11.9. The highest BCUT2D eigenvalue weighted by atomic mass is 16.2. The fourth-order valence-corrected chi connectivity index (χ4v) is 8.12. The van der Waals surface area contributed by atoms with Gasteiger partial charge in [0.1, 0.15) is 0 Å². The molecule has 254 valence electrons. The van der Waals surface area contributed by atoms with Gasteiger partial charge in [-0.15, -0.1) is 0 Å². The Kier molecular flexibility index (Phi) is 7.41. The zero-order valence-electron chi connectivity index (χ0n) is 29.2. The van der Waals surface area contributed by atoms with Crippen LogP contribution in [0.1, 0.15) is 20.7 Å². The van der Waals surface area contributed by atoms with E-state index in [0.717, 1.165) is 66.3 Å². The number of nitrogens with zero attached hydrogens (tertiary/aromatic N) is 2. The fourth-order valence-electron chi connectivity index (χ4n) is 8.12. The second kappa shape index (κ2) is 12.7. The van der Waals surface area contributed by atoms with Gasteiger partial charge in [-0.25, -0.2) is 4.90 Å². The van der Waals surface area contributed by atoms with Crippen molar-refractivity contribution in [2.45, 2.75) is 0 Å². The number of carbonyl (C=O) groups is 2. The van der Waals surface area contributed by atoms with E-state index in [2.05, 4.69) is 83.4 Å². The van der Waals surface area contributed by atoms with Crippen LogP contribution in [0.25, 0.3) is 72.0 Å². The number of aromatic nitrogens is 1. The number of para-hydroxylation sites is 2. The maximum atomic E-state index is 15.1. The lowest BCUT2D eigenvalue weighted by Crippen LogP contribution is -2.30. The lowest BCUT2D eigenvalue weighted by Gasteiger charge is -2.20. The third-order valence-corrected chi connectivity index (χ3v) is 10.5. The molecule has 1 aliphatic rings. The van der Waals surface area contributed by atoms with Crippen molar-refractivity contribution >= 4 is 39.3 Å².